The summed E-state index contributed by atoms with van der Waals surface area (Å²) in [6.07, 6.45) is 0.126. The highest BCUT2D eigenvalue weighted by Gasteiger charge is 2.41. The summed E-state index contributed by atoms with van der Waals surface area (Å²) in [6.45, 7) is 0.514. The Morgan fingerprint density at radius 1 is 0.857 bits per heavy atom. The number of hydrogen-bond acceptors (Lipinski definition) is 4. The van der Waals surface area contributed by atoms with E-state index in [1.54, 1.807) is 18.2 Å². The number of carbonyl (C=O) groups excluding carboxylic acids is 1. The summed E-state index contributed by atoms with van der Waals surface area (Å²) in [5.41, 5.74) is 4.59. The van der Waals surface area contributed by atoms with Crippen molar-refractivity contribution in [2.45, 2.75) is 18.4 Å². The fourth-order valence-corrected chi connectivity index (χ4v) is 7.16. The predicted molar refractivity (Wildman–Crippen MR) is 190 cm³/mol. The third-order valence-electron chi connectivity index (χ3n) is 9.28. The quantitative estimate of drug-likeness (QED) is 0.166. The molecular weight excluding hydrogens is 634 g/mol. The van der Waals surface area contributed by atoms with Gasteiger partial charge in [0.05, 0.1) is 23.1 Å². The standard InChI is InChI=1S/C40H32ClN5O3/c41-35-20-18-27(25-42)23-33(35)28-19-21-36-34(24-28)37(43-38(47)29-11-10-22-45(26-29)39(48)49)44-46(36)40(30-12-4-1-5-13-30,31-14-6-2-7-15-31)32-16-8-3-9-17-32/h1-9,12-21,23-24,29H,10-11,22,26H2,(H,48,49)(H,43,44,47)/t29-/m1/s1. The molecule has 6 aromatic rings. The molecule has 2 amide bonds. The van der Waals surface area contributed by atoms with E-state index in [1.807, 2.05) is 77.5 Å². The molecule has 5 aromatic carbocycles. The zero-order chi connectivity index (χ0) is 34.0. The second kappa shape index (κ2) is 13.3. The van der Waals surface area contributed by atoms with Crippen LogP contribution in [0.5, 0.6) is 0 Å². The van der Waals surface area contributed by atoms with Crippen molar-refractivity contribution in [3.63, 3.8) is 0 Å². The van der Waals surface area contributed by atoms with Crippen LogP contribution in [-0.2, 0) is 10.3 Å². The number of benzene rings is 5. The molecule has 1 fully saturated rings. The van der Waals surface area contributed by atoms with Gasteiger partial charge in [0.2, 0.25) is 5.91 Å². The highest BCUT2D eigenvalue weighted by Crippen LogP contribution is 2.44. The number of fused-ring (bicyclic) bond motifs is 1. The Balaban J connectivity index is 1.49. The number of nitrogens with one attached hydrogen (secondary N) is 1. The molecule has 0 unspecified atom stereocenters. The molecule has 7 rings (SSSR count). The largest absolute Gasteiger partial charge is 0.465 e. The van der Waals surface area contributed by atoms with Crippen LogP contribution in [0.15, 0.2) is 127 Å². The van der Waals surface area contributed by atoms with Crippen LogP contribution in [0, 0.1) is 17.2 Å². The normalized spacial score (nSPS) is 14.7. The minimum Gasteiger partial charge on any atom is -0.465 e. The van der Waals surface area contributed by atoms with Crippen molar-refractivity contribution in [1.82, 2.24) is 14.7 Å². The highest BCUT2D eigenvalue weighted by atomic mass is 35.5. The van der Waals surface area contributed by atoms with Crippen LogP contribution in [0.25, 0.3) is 22.0 Å². The van der Waals surface area contributed by atoms with E-state index in [0.717, 1.165) is 27.8 Å². The summed E-state index contributed by atoms with van der Waals surface area (Å²) in [6, 6.07) is 43.6. The number of likely N-dealkylation sites (tertiary alicyclic amines) is 1. The third kappa shape index (κ3) is 5.79. The van der Waals surface area contributed by atoms with E-state index in [2.05, 4.69) is 47.8 Å². The average Bonchev–Trinajstić information content (AvgIpc) is 3.50. The van der Waals surface area contributed by atoms with Gasteiger partial charge in [0.25, 0.3) is 0 Å². The molecule has 1 aromatic heterocycles. The lowest BCUT2D eigenvalue weighted by atomic mass is 9.77. The van der Waals surface area contributed by atoms with Gasteiger partial charge in [-0.2, -0.15) is 10.4 Å². The Morgan fingerprint density at radius 3 is 2.04 bits per heavy atom. The summed E-state index contributed by atoms with van der Waals surface area (Å²) < 4.78 is 1.97. The monoisotopic (exact) mass is 665 g/mol. The molecular formula is C40H32ClN5O3. The molecule has 2 N–H and O–H groups in total. The maximum atomic E-state index is 13.9. The van der Waals surface area contributed by atoms with Gasteiger partial charge in [-0.05, 0) is 65.4 Å². The van der Waals surface area contributed by atoms with E-state index in [4.69, 9.17) is 16.7 Å². The van der Waals surface area contributed by atoms with Gasteiger partial charge in [-0.3, -0.25) is 4.79 Å². The third-order valence-corrected chi connectivity index (χ3v) is 9.61. The van der Waals surface area contributed by atoms with Crippen molar-refractivity contribution in [3.8, 4) is 17.2 Å². The average molecular weight is 666 g/mol. The fourth-order valence-electron chi connectivity index (χ4n) is 6.94. The number of hydrogen-bond donors (Lipinski definition) is 2. The first-order valence-electron chi connectivity index (χ1n) is 16.1. The summed E-state index contributed by atoms with van der Waals surface area (Å²) in [5, 5.41) is 28.7. The molecule has 2 heterocycles. The predicted octanol–water partition coefficient (Wildman–Crippen LogP) is 8.40. The number of carbonyl (C=O) groups is 2. The van der Waals surface area contributed by atoms with Crippen molar-refractivity contribution < 1.29 is 14.7 Å². The van der Waals surface area contributed by atoms with E-state index in [1.165, 1.54) is 4.90 Å². The van der Waals surface area contributed by atoms with Crippen molar-refractivity contribution in [2.24, 2.45) is 5.92 Å². The Morgan fingerprint density at radius 2 is 1.47 bits per heavy atom. The number of halogens is 1. The zero-order valence-corrected chi connectivity index (χ0v) is 27.2. The number of rotatable bonds is 7. The maximum absolute atomic E-state index is 13.9. The summed E-state index contributed by atoms with van der Waals surface area (Å²) in [7, 11) is 0. The highest BCUT2D eigenvalue weighted by molar-refractivity contribution is 6.33. The van der Waals surface area contributed by atoms with Crippen molar-refractivity contribution in [3.05, 3.63) is 155 Å². The lowest BCUT2D eigenvalue weighted by Gasteiger charge is -2.37. The van der Waals surface area contributed by atoms with Crippen LogP contribution in [0.4, 0.5) is 10.6 Å². The van der Waals surface area contributed by atoms with Gasteiger partial charge in [-0.25, -0.2) is 9.48 Å². The lowest BCUT2D eigenvalue weighted by Crippen LogP contribution is -2.43. The Labute approximate surface area is 288 Å². The minimum absolute atomic E-state index is 0.115. The first-order chi connectivity index (χ1) is 23.9. The first-order valence-corrected chi connectivity index (χ1v) is 16.5. The molecule has 8 nitrogen and oxygen atoms in total. The number of anilines is 1. The van der Waals surface area contributed by atoms with E-state index < -0.39 is 17.6 Å². The minimum atomic E-state index is -1.04. The molecule has 9 heteroatoms. The van der Waals surface area contributed by atoms with Gasteiger partial charge in [-0.15, -0.1) is 0 Å². The smallest absolute Gasteiger partial charge is 0.407 e. The van der Waals surface area contributed by atoms with Gasteiger partial charge in [0.15, 0.2) is 5.82 Å². The van der Waals surface area contributed by atoms with Crippen LogP contribution < -0.4 is 5.32 Å². The number of amides is 2. The Hall–Kier alpha value is -5.91. The van der Waals surface area contributed by atoms with E-state index in [9.17, 15) is 20.0 Å². The van der Waals surface area contributed by atoms with E-state index >= 15 is 0 Å². The van der Waals surface area contributed by atoms with Gasteiger partial charge >= 0.3 is 6.09 Å². The number of piperidine rings is 1. The van der Waals surface area contributed by atoms with Crippen LogP contribution >= 0.6 is 11.6 Å². The van der Waals surface area contributed by atoms with Crippen LogP contribution in [0.1, 0.15) is 35.1 Å². The van der Waals surface area contributed by atoms with Gasteiger partial charge < -0.3 is 15.3 Å². The lowest BCUT2D eigenvalue weighted by molar-refractivity contribution is -0.121. The molecule has 1 aliphatic rings. The molecule has 0 spiro atoms. The van der Waals surface area contributed by atoms with Crippen molar-refractivity contribution in [1.29, 1.82) is 5.26 Å². The van der Waals surface area contributed by atoms with E-state index in [-0.39, 0.29) is 12.5 Å². The molecule has 0 saturated carbocycles. The van der Waals surface area contributed by atoms with E-state index in [0.29, 0.717) is 46.7 Å². The molecule has 0 bridgehead atoms. The number of nitrogens with zero attached hydrogens (tertiary/aromatic N) is 4. The molecule has 1 atom stereocenters. The summed E-state index contributed by atoms with van der Waals surface area (Å²) in [5.74, 6) is -0.483. The Bertz CT molecular complexity index is 2100. The van der Waals surface area contributed by atoms with Gasteiger partial charge in [-0.1, -0.05) is 109 Å². The molecule has 49 heavy (non-hydrogen) atoms. The number of nitriles is 1. The van der Waals surface area contributed by atoms with Crippen molar-refractivity contribution >= 4 is 40.3 Å². The molecule has 1 saturated heterocycles. The Kier molecular flexibility index (Phi) is 8.60. The maximum Gasteiger partial charge on any atom is 0.407 e. The summed E-state index contributed by atoms with van der Waals surface area (Å²) >= 11 is 6.67. The molecule has 0 aliphatic carbocycles. The second-order valence-corrected chi connectivity index (χ2v) is 12.6. The summed E-state index contributed by atoms with van der Waals surface area (Å²) in [4.78, 5) is 27.0. The topological polar surface area (TPSA) is 111 Å². The number of aromatic nitrogens is 2. The van der Waals surface area contributed by atoms with Crippen LogP contribution in [-0.4, -0.2) is 44.9 Å². The zero-order valence-electron chi connectivity index (χ0n) is 26.5. The number of carboxylic acid groups (broad SMARTS) is 1. The first kappa shape index (κ1) is 31.7. The van der Waals surface area contributed by atoms with Crippen LogP contribution in [0.2, 0.25) is 5.02 Å². The van der Waals surface area contributed by atoms with Crippen LogP contribution in [0.3, 0.4) is 0 Å². The van der Waals surface area contributed by atoms with Gasteiger partial charge in [0, 0.05) is 29.1 Å². The molecule has 1 aliphatic heterocycles. The SMILES string of the molecule is N#Cc1ccc(Cl)c(-c2ccc3c(c2)c(NC(=O)[C@@H]2CCCN(C(=O)O)C2)nn3C(c2ccccc2)(c2ccccc2)c2ccccc2)c1. The molecule has 0 radical (unpaired) electrons. The fraction of sp³-hybridized carbons (Fsp3) is 0.150. The van der Waals surface area contributed by atoms with Gasteiger partial charge in [0.1, 0.15) is 5.54 Å². The second-order valence-electron chi connectivity index (χ2n) is 12.2. The van der Waals surface area contributed by atoms with Crippen molar-refractivity contribution in [2.75, 3.05) is 18.4 Å². The molecule has 242 valence electrons.